The van der Waals surface area contributed by atoms with Gasteiger partial charge in [0.15, 0.2) is 0 Å². The first-order chi connectivity index (χ1) is 8.75. The maximum atomic E-state index is 12.8. The maximum absolute atomic E-state index is 12.8. The minimum atomic E-state index is -0.826. The topological polar surface area (TPSA) is 33.1 Å². The fourth-order valence-electron chi connectivity index (χ4n) is 1.94. The van der Waals surface area contributed by atoms with Gasteiger partial charge in [0.05, 0.1) is 11.9 Å². The van der Waals surface area contributed by atoms with E-state index in [1.54, 1.807) is 11.3 Å². The predicted molar refractivity (Wildman–Crippen MR) is 70.1 cm³/mol. The van der Waals surface area contributed by atoms with Crippen LogP contribution in [0.2, 0.25) is 0 Å². The summed E-state index contributed by atoms with van der Waals surface area (Å²) in [6, 6.07) is 10.6. The Morgan fingerprint density at radius 2 is 2.06 bits per heavy atom. The number of aliphatic hydroxyl groups excluding tert-OH is 1. The van der Waals surface area contributed by atoms with Crippen molar-refractivity contribution in [3.63, 3.8) is 0 Å². The van der Waals surface area contributed by atoms with Crippen LogP contribution in [0.5, 0.6) is 0 Å². The summed E-state index contributed by atoms with van der Waals surface area (Å²) in [4.78, 5) is 3.93. The molecular formula is C14H10FNOS. The van der Waals surface area contributed by atoms with Crippen LogP contribution in [0.3, 0.4) is 0 Å². The van der Waals surface area contributed by atoms with E-state index in [2.05, 4.69) is 4.98 Å². The normalized spacial score (nSPS) is 12.8. The van der Waals surface area contributed by atoms with Crippen molar-refractivity contribution in [1.29, 1.82) is 0 Å². The van der Waals surface area contributed by atoms with Gasteiger partial charge >= 0.3 is 0 Å². The minimum absolute atomic E-state index is 0.403. The van der Waals surface area contributed by atoms with Crippen LogP contribution in [-0.4, -0.2) is 10.1 Å². The highest BCUT2D eigenvalue weighted by molar-refractivity contribution is 7.17. The first-order valence-corrected chi connectivity index (χ1v) is 6.39. The van der Waals surface area contributed by atoms with Crippen molar-refractivity contribution in [2.45, 2.75) is 6.10 Å². The molecule has 1 atom stereocenters. The zero-order valence-corrected chi connectivity index (χ0v) is 10.2. The second-order valence-electron chi connectivity index (χ2n) is 3.99. The van der Waals surface area contributed by atoms with Gasteiger partial charge in [-0.1, -0.05) is 18.2 Å². The number of hydrogen-bond donors (Lipinski definition) is 1. The number of hydrogen-bond acceptors (Lipinski definition) is 3. The maximum Gasteiger partial charge on any atom is 0.141 e. The summed E-state index contributed by atoms with van der Waals surface area (Å²) in [5.74, 6) is -0.403. The Kier molecular flexibility index (Phi) is 2.81. The zero-order chi connectivity index (χ0) is 12.5. The monoisotopic (exact) mass is 259 g/mol. The van der Waals surface area contributed by atoms with Crippen molar-refractivity contribution in [3.05, 3.63) is 65.0 Å². The average molecular weight is 259 g/mol. The number of aliphatic hydroxyl groups is 1. The second kappa shape index (κ2) is 4.48. The van der Waals surface area contributed by atoms with Gasteiger partial charge in [0.2, 0.25) is 0 Å². The Labute approximate surface area is 107 Å². The Morgan fingerprint density at radius 3 is 2.83 bits per heavy atom. The molecule has 3 rings (SSSR count). The number of halogens is 1. The number of benzene rings is 1. The summed E-state index contributed by atoms with van der Waals surface area (Å²) in [6.07, 6.45) is 0.292. The van der Waals surface area contributed by atoms with E-state index in [0.717, 1.165) is 21.8 Å². The Balaban J connectivity index is 2.08. The molecule has 0 radical (unpaired) electrons. The van der Waals surface area contributed by atoms with Gasteiger partial charge < -0.3 is 5.11 Å². The highest BCUT2D eigenvalue weighted by Gasteiger charge is 2.15. The van der Waals surface area contributed by atoms with Gasteiger partial charge in [0.1, 0.15) is 11.9 Å². The standard InChI is InChI=1S/C14H10FNOS/c15-10-4-5-12(16-8-10)13(17)11-3-1-2-9-6-7-18-14(9)11/h1-8,13,17H. The highest BCUT2D eigenvalue weighted by Crippen LogP contribution is 2.31. The van der Waals surface area contributed by atoms with Gasteiger partial charge in [0, 0.05) is 10.3 Å². The van der Waals surface area contributed by atoms with Crippen molar-refractivity contribution >= 4 is 21.4 Å². The number of nitrogens with zero attached hydrogens (tertiary/aromatic N) is 1. The quantitative estimate of drug-likeness (QED) is 0.764. The van der Waals surface area contributed by atoms with Crippen LogP contribution < -0.4 is 0 Å². The van der Waals surface area contributed by atoms with Gasteiger partial charge in [0.25, 0.3) is 0 Å². The molecule has 0 bridgehead atoms. The molecule has 0 saturated carbocycles. The average Bonchev–Trinajstić information content (AvgIpc) is 2.87. The van der Waals surface area contributed by atoms with Crippen molar-refractivity contribution in [2.75, 3.05) is 0 Å². The summed E-state index contributed by atoms with van der Waals surface area (Å²) in [5, 5.41) is 13.4. The predicted octanol–water partition coefficient (Wildman–Crippen LogP) is 3.52. The van der Waals surface area contributed by atoms with Crippen LogP contribution in [0.25, 0.3) is 10.1 Å². The van der Waals surface area contributed by atoms with Crippen molar-refractivity contribution in [3.8, 4) is 0 Å². The third kappa shape index (κ3) is 1.89. The summed E-state index contributed by atoms with van der Waals surface area (Å²) in [7, 11) is 0. The molecule has 0 aliphatic rings. The molecule has 0 spiro atoms. The van der Waals surface area contributed by atoms with E-state index in [1.165, 1.54) is 12.1 Å². The molecule has 2 aromatic heterocycles. The van der Waals surface area contributed by atoms with Crippen molar-refractivity contribution in [2.24, 2.45) is 0 Å². The number of thiophene rings is 1. The van der Waals surface area contributed by atoms with E-state index >= 15 is 0 Å². The first-order valence-electron chi connectivity index (χ1n) is 5.51. The zero-order valence-electron chi connectivity index (χ0n) is 9.38. The second-order valence-corrected chi connectivity index (χ2v) is 4.91. The molecule has 1 unspecified atom stereocenters. The third-order valence-electron chi connectivity index (χ3n) is 2.83. The fraction of sp³-hybridized carbons (Fsp3) is 0.0714. The van der Waals surface area contributed by atoms with E-state index in [-0.39, 0.29) is 0 Å². The molecule has 2 nitrogen and oxygen atoms in total. The first kappa shape index (κ1) is 11.3. The minimum Gasteiger partial charge on any atom is -0.382 e. The lowest BCUT2D eigenvalue weighted by Crippen LogP contribution is -2.02. The molecule has 0 fully saturated rings. The number of fused-ring (bicyclic) bond motifs is 1. The van der Waals surface area contributed by atoms with E-state index in [4.69, 9.17) is 0 Å². The van der Waals surface area contributed by atoms with Gasteiger partial charge in [-0.05, 0) is 29.0 Å². The molecule has 4 heteroatoms. The summed E-state index contributed by atoms with van der Waals surface area (Å²) in [6.45, 7) is 0. The van der Waals surface area contributed by atoms with Crippen LogP contribution >= 0.6 is 11.3 Å². The van der Waals surface area contributed by atoms with Crippen LogP contribution in [0.1, 0.15) is 17.4 Å². The van der Waals surface area contributed by atoms with Gasteiger partial charge in [-0.2, -0.15) is 0 Å². The molecule has 18 heavy (non-hydrogen) atoms. The molecule has 90 valence electrons. The van der Waals surface area contributed by atoms with Crippen LogP contribution in [0.15, 0.2) is 48.0 Å². The number of rotatable bonds is 2. The van der Waals surface area contributed by atoms with E-state index in [1.807, 2.05) is 29.6 Å². The van der Waals surface area contributed by atoms with E-state index in [0.29, 0.717) is 5.69 Å². The molecule has 3 aromatic rings. The van der Waals surface area contributed by atoms with Crippen LogP contribution in [-0.2, 0) is 0 Å². The Bertz CT molecular complexity index is 678. The lowest BCUT2D eigenvalue weighted by molar-refractivity contribution is 0.217. The van der Waals surface area contributed by atoms with Crippen LogP contribution in [0.4, 0.5) is 4.39 Å². The SMILES string of the molecule is OC(c1ccc(F)cn1)c1cccc2ccsc12. The smallest absolute Gasteiger partial charge is 0.141 e. The summed E-state index contributed by atoms with van der Waals surface area (Å²) in [5.41, 5.74) is 1.26. The Morgan fingerprint density at radius 1 is 1.17 bits per heavy atom. The van der Waals surface area contributed by atoms with Gasteiger partial charge in [-0.15, -0.1) is 11.3 Å². The third-order valence-corrected chi connectivity index (χ3v) is 3.81. The number of pyridine rings is 1. The summed E-state index contributed by atoms with van der Waals surface area (Å²) >= 11 is 1.58. The molecule has 0 aliphatic carbocycles. The fourth-order valence-corrected chi connectivity index (χ4v) is 2.88. The van der Waals surface area contributed by atoms with Crippen molar-refractivity contribution in [1.82, 2.24) is 4.98 Å². The lowest BCUT2D eigenvalue weighted by Gasteiger charge is -2.11. The Hall–Kier alpha value is -1.78. The van der Waals surface area contributed by atoms with Crippen molar-refractivity contribution < 1.29 is 9.50 Å². The molecule has 0 saturated heterocycles. The molecular weight excluding hydrogens is 249 g/mol. The van der Waals surface area contributed by atoms with E-state index < -0.39 is 11.9 Å². The molecule has 1 N–H and O–H groups in total. The molecule has 0 aliphatic heterocycles. The van der Waals surface area contributed by atoms with Gasteiger partial charge in [-0.3, -0.25) is 4.98 Å². The largest absolute Gasteiger partial charge is 0.382 e. The lowest BCUT2D eigenvalue weighted by atomic mass is 10.0. The van der Waals surface area contributed by atoms with Crippen LogP contribution in [0, 0.1) is 5.82 Å². The molecule has 1 aromatic carbocycles. The van der Waals surface area contributed by atoms with Gasteiger partial charge in [-0.25, -0.2) is 4.39 Å². The molecule has 0 amide bonds. The summed E-state index contributed by atoms with van der Waals surface area (Å²) < 4.78 is 13.9. The molecule has 2 heterocycles. The highest BCUT2D eigenvalue weighted by atomic mass is 32.1. The van der Waals surface area contributed by atoms with E-state index in [9.17, 15) is 9.50 Å². The number of aromatic nitrogens is 1.